The number of carbonyl (C=O) groups is 1. The number of nitrogens with zero attached hydrogens (tertiary/aromatic N) is 2. The second-order valence-corrected chi connectivity index (χ2v) is 10.6. The third kappa shape index (κ3) is 4.57. The van der Waals surface area contributed by atoms with Gasteiger partial charge in [0.05, 0.1) is 11.1 Å². The molecule has 0 spiro atoms. The lowest BCUT2D eigenvalue weighted by atomic mass is 9.95. The zero-order chi connectivity index (χ0) is 24.0. The first-order valence-electron chi connectivity index (χ1n) is 12.8. The van der Waals surface area contributed by atoms with Crippen molar-refractivity contribution < 1.29 is 9.53 Å². The van der Waals surface area contributed by atoms with E-state index in [1.807, 2.05) is 37.4 Å². The van der Waals surface area contributed by atoms with Crippen LogP contribution >= 0.6 is 0 Å². The van der Waals surface area contributed by atoms with Gasteiger partial charge in [-0.2, -0.15) is 0 Å². The first kappa shape index (κ1) is 22.3. The topological polar surface area (TPSA) is 54.5 Å². The highest BCUT2D eigenvalue weighted by Crippen LogP contribution is 2.48. The first-order valence-corrected chi connectivity index (χ1v) is 12.8. The van der Waals surface area contributed by atoms with Crippen LogP contribution in [0.25, 0.3) is 17.0 Å². The average molecular weight is 468 g/mol. The maximum absolute atomic E-state index is 13.5. The van der Waals surface area contributed by atoms with Gasteiger partial charge >= 0.3 is 0 Å². The minimum absolute atomic E-state index is 0.0396. The Kier molecular flexibility index (Phi) is 5.60. The molecule has 1 amide bonds. The van der Waals surface area contributed by atoms with Crippen LogP contribution in [-0.2, 0) is 5.54 Å². The van der Waals surface area contributed by atoms with Crippen LogP contribution in [0.4, 0.5) is 0 Å². The number of likely N-dealkylation sites (N-methyl/N-ethyl adjacent to an activating group) is 1. The molecule has 1 aromatic heterocycles. The Morgan fingerprint density at radius 2 is 2.06 bits per heavy atom. The largest absolute Gasteiger partial charge is 0.492 e. The molecule has 1 N–H and O–H groups in total. The monoisotopic (exact) mass is 467 g/mol. The van der Waals surface area contributed by atoms with Gasteiger partial charge in [0.1, 0.15) is 12.4 Å². The fraction of sp³-hybridized carbons (Fsp3) is 0.400. The summed E-state index contributed by atoms with van der Waals surface area (Å²) in [5.41, 5.74) is 4.60. The quantitative estimate of drug-likeness (QED) is 0.477. The number of hydrogen-bond acceptors (Lipinski definition) is 4. The summed E-state index contributed by atoms with van der Waals surface area (Å²) in [6.45, 7) is 3.77. The third-order valence-electron chi connectivity index (χ3n) is 7.88. The maximum atomic E-state index is 13.5. The number of allylic oxidation sites excluding steroid dienone is 1. The molecular formula is C30H33N3O2. The second-order valence-electron chi connectivity index (χ2n) is 10.6. The van der Waals surface area contributed by atoms with E-state index in [4.69, 9.17) is 4.74 Å². The molecule has 180 valence electrons. The molecule has 1 aliphatic heterocycles. The van der Waals surface area contributed by atoms with E-state index in [0.29, 0.717) is 18.2 Å². The van der Waals surface area contributed by atoms with Crippen molar-refractivity contribution in [1.29, 1.82) is 0 Å². The van der Waals surface area contributed by atoms with Crippen LogP contribution < -0.4 is 10.1 Å². The van der Waals surface area contributed by atoms with E-state index in [1.54, 1.807) is 0 Å². The number of nitrogens with one attached hydrogen (secondary N) is 1. The summed E-state index contributed by atoms with van der Waals surface area (Å²) in [5, 5.41) is 4.52. The summed E-state index contributed by atoms with van der Waals surface area (Å²) in [6, 6.07) is 14.8. The molecule has 1 saturated heterocycles. The second kappa shape index (κ2) is 8.80. The molecular weight excluding hydrogens is 434 g/mol. The standard InChI is InChI=1S/C30H33N3O2/c1-20-5-10-24(35-19-23-11-15-33(23)2)18-26(20)29(34)32-30(12-13-30)27-16-22(9-8-21-6-7-21)17-28-25(27)4-3-14-31-28/h3-5,8-10,14,16-18,21,23H,6-7,11-13,15,19H2,1-2H3,(H,32,34). The number of pyridine rings is 1. The van der Waals surface area contributed by atoms with Crippen molar-refractivity contribution in [1.82, 2.24) is 15.2 Å². The van der Waals surface area contributed by atoms with Crippen LogP contribution in [-0.4, -0.2) is 42.0 Å². The van der Waals surface area contributed by atoms with E-state index < -0.39 is 0 Å². The van der Waals surface area contributed by atoms with Crippen LogP contribution in [0, 0.1) is 12.8 Å². The normalized spacial score (nSPS) is 21.1. The number of fused-ring (bicyclic) bond motifs is 1. The van der Waals surface area contributed by atoms with Gasteiger partial charge in [-0.3, -0.25) is 14.7 Å². The van der Waals surface area contributed by atoms with Gasteiger partial charge in [0.2, 0.25) is 0 Å². The first-order chi connectivity index (χ1) is 17.0. The van der Waals surface area contributed by atoms with Crippen molar-refractivity contribution in [2.75, 3.05) is 20.2 Å². The van der Waals surface area contributed by atoms with E-state index in [1.165, 1.54) is 18.4 Å². The van der Waals surface area contributed by atoms with Crippen molar-refractivity contribution in [2.24, 2.45) is 5.92 Å². The molecule has 2 aliphatic carbocycles. The maximum Gasteiger partial charge on any atom is 0.252 e. The van der Waals surface area contributed by atoms with Gasteiger partial charge in [0.25, 0.3) is 5.91 Å². The van der Waals surface area contributed by atoms with Gasteiger partial charge < -0.3 is 10.1 Å². The molecule has 3 aliphatic rings. The Balaban J connectivity index is 1.26. The van der Waals surface area contributed by atoms with E-state index in [9.17, 15) is 4.79 Å². The number of carbonyl (C=O) groups excluding carboxylic acids is 1. The van der Waals surface area contributed by atoms with Crippen molar-refractivity contribution in [3.8, 4) is 5.75 Å². The van der Waals surface area contributed by atoms with Crippen molar-refractivity contribution in [2.45, 2.75) is 50.6 Å². The summed E-state index contributed by atoms with van der Waals surface area (Å²) in [7, 11) is 2.12. The molecule has 6 rings (SSSR count). The zero-order valence-electron chi connectivity index (χ0n) is 20.6. The fourth-order valence-corrected chi connectivity index (χ4v) is 5.01. The van der Waals surface area contributed by atoms with Crippen molar-refractivity contribution >= 4 is 22.9 Å². The summed E-state index contributed by atoms with van der Waals surface area (Å²) < 4.78 is 6.04. The number of hydrogen-bond donors (Lipinski definition) is 1. The minimum atomic E-state index is -0.347. The number of amides is 1. The Morgan fingerprint density at radius 3 is 2.77 bits per heavy atom. The summed E-state index contributed by atoms with van der Waals surface area (Å²) in [5.74, 6) is 1.43. The highest BCUT2D eigenvalue weighted by atomic mass is 16.5. The SMILES string of the molecule is Cc1ccc(OCC2CCN2C)cc1C(=O)NC1(c2cc(C=CC3CC3)cc3ncccc23)CC1. The van der Waals surface area contributed by atoms with Gasteiger partial charge in [-0.15, -0.1) is 0 Å². The minimum Gasteiger partial charge on any atom is -0.492 e. The molecule has 1 atom stereocenters. The molecule has 2 saturated carbocycles. The van der Waals surface area contributed by atoms with E-state index in [-0.39, 0.29) is 11.4 Å². The highest BCUT2D eigenvalue weighted by molar-refractivity contribution is 5.97. The van der Waals surface area contributed by atoms with Crippen molar-refractivity contribution in [3.63, 3.8) is 0 Å². The lowest BCUT2D eigenvalue weighted by molar-refractivity contribution is 0.0767. The van der Waals surface area contributed by atoms with Gasteiger partial charge in [-0.1, -0.05) is 24.3 Å². The predicted octanol–water partition coefficient (Wildman–Crippen LogP) is 5.47. The number of aromatic nitrogens is 1. The number of likely N-dealkylation sites (tertiary alicyclic amines) is 1. The zero-order valence-corrected chi connectivity index (χ0v) is 20.6. The molecule has 3 aromatic rings. The molecule has 0 bridgehead atoms. The van der Waals surface area contributed by atoms with E-state index >= 15 is 0 Å². The molecule has 35 heavy (non-hydrogen) atoms. The number of ether oxygens (including phenoxy) is 1. The van der Waals surface area contributed by atoms with Gasteiger partial charge in [-0.25, -0.2) is 0 Å². The Bertz CT molecular complexity index is 1310. The molecule has 1 unspecified atom stereocenters. The summed E-state index contributed by atoms with van der Waals surface area (Å²) in [4.78, 5) is 20.5. The average Bonchev–Trinajstić information content (AvgIpc) is 3.79. The third-order valence-corrected chi connectivity index (χ3v) is 7.88. The van der Waals surface area contributed by atoms with Crippen LogP contribution in [0.2, 0.25) is 0 Å². The van der Waals surface area contributed by atoms with Crippen LogP contribution in [0.15, 0.2) is 54.7 Å². The number of rotatable bonds is 8. The Labute approximate surface area is 207 Å². The van der Waals surface area contributed by atoms with Gasteiger partial charge in [0.15, 0.2) is 0 Å². The predicted molar refractivity (Wildman–Crippen MR) is 140 cm³/mol. The lowest BCUT2D eigenvalue weighted by Gasteiger charge is -2.37. The van der Waals surface area contributed by atoms with Gasteiger partial charge in [-0.05, 0) is 106 Å². The fourth-order valence-electron chi connectivity index (χ4n) is 5.01. The Morgan fingerprint density at radius 1 is 1.20 bits per heavy atom. The summed E-state index contributed by atoms with van der Waals surface area (Å²) >= 11 is 0. The lowest BCUT2D eigenvalue weighted by Crippen LogP contribution is -2.48. The molecule has 2 aromatic carbocycles. The van der Waals surface area contributed by atoms with Gasteiger partial charge in [0, 0.05) is 23.2 Å². The molecule has 5 heteroatoms. The van der Waals surface area contributed by atoms with Crippen LogP contribution in [0.1, 0.15) is 59.2 Å². The molecule has 3 fully saturated rings. The van der Waals surface area contributed by atoms with E-state index in [2.05, 4.69) is 52.6 Å². The molecule has 2 heterocycles. The van der Waals surface area contributed by atoms with E-state index in [0.717, 1.165) is 59.5 Å². The van der Waals surface area contributed by atoms with Crippen LogP contribution in [0.5, 0.6) is 5.75 Å². The molecule has 0 radical (unpaired) electrons. The highest BCUT2D eigenvalue weighted by Gasteiger charge is 2.47. The number of aryl methyl sites for hydroxylation is 1. The van der Waals surface area contributed by atoms with Crippen LogP contribution in [0.3, 0.4) is 0 Å². The Hall–Kier alpha value is -3.18. The molecule has 5 nitrogen and oxygen atoms in total. The van der Waals surface area contributed by atoms with Crippen molar-refractivity contribution in [3.05, 3.63) is 77.0 Å². The smallest absolute Gasteiger partial charge is 0.252 e. The number of benzene rings is 2. The summed E-state index contributed by atoms with van der Waals surface area (Å²) in [6.07, 6.45) is 12.0.